The van der Waals surface area contributed by atoms with Gasteiger partial charge in [0.25, 0.3) is 0 Å². The van der Waals surface area contributed by atoms with Gasteiger partial charge in [-0.2, -0.15) is 0 Å². The molecular formula is C15H29N. The third-order valence-electron chi connectivity index (χ3n) is 4.31. The molecule has 2 N–H and O–H groups in total. The molecule has 0 radical (unpaired) electrons. The first-order valence-electron chi connectivity index (χ1n) is 7.01. The molecule has 94 valence electrons. The van der Waals surface area contributed by atoms with E-state index in [4.69, 9.17) is 5.73 Å². The first-order valence-corrected chi connectivity index (χ1v) is 7.01. The van der Waals surface area contributed by atoms with Crippen LogP contribution < -0.4 is 5.73 Å². The molecule has 0 bridgehead atoms. The summed E-state index contributed by atoms with van der Waals surface area (Å²) in [5.74, 6) is 2.61. The van der Waals surface area contributed by atoms with Crippen molar-refractivity contribution in [3.8, 4) is 0 Å². The molecule has 0 aliphatic heterocycles. The minimum absolute atomic E-state index is 0.438. The van der Waals surface area contributed by atoms with Gasteiger partial charge in [0.15, 0.2) is 0 Å². The third kappa shape index (κ3) is 4.29. The molecule has 0 aromatic heterocycles. The predicted molar refractivity (Wildman–Crippen MR) is 72.3 cm³/mol. The second-order valence-electron chi connectivity index (χ2n) is 5.80. The van der Waals surface area contributed by atoms with E-state index < -0.39 is 0 Å². The van der Waals surface area contributed by atoms with Gasteiger partial charge >= 0.3 is 0 Å². The number of hydrogen-bond acceptors (Lipinski definition) is 1. The Hall–Kier alpha value is -0.300. The molecule has 1 atom stereocenters. The van der Waals surface area contributed by atoms with Crippen LogP contribution in [0.3, 0.4) is 0 Å². The number of allylic oxidation sites excluding steroid dienone is 1. The van der Waals surface area contributed by atoms with Crippen molar-refractivity contribution in [2.24, 2.45) is 23.5 Å². The van der Waals surface area contributed by atoms with Crippen molar-refractivity contribution in [3.05, 3.63) is 12.7 Å². The highest BCUT2D eigenvalue weighted by Crippen LogP contribution is 2.35. The van der Waals surface area contributed by atoms with Gasteiger partial charge in [0, 0.05) is 6.04 Å². The summed E-state index contributed by atoms with van der Waals surface area (Å²) in [6.45, 7) is 8.47. The lowest BCUT2D eigenvalue weighted by atomic mass is 9.74. The Morgan fingerprint density at radius 1 is 1.19 bits per heavy atom. The quantitative estimate of drug-likeness (QED) is 0.532. The first kappa shape index (κ1) is 13.8. The summed E-state index contributed by atoms with van der Waals surface area (Å²) in [4.78, 5) is 0. The van der Waals surface area contributed by atoms with Gasteiger partial charge in [-0.3, -0.25) is 0 Å². The largest absolute Gasteiger partial charge is 0.327 e. The number of rotatable bonds is 6. The summed E-state index contributed by atoms with van der Waals surface area (Å²) < 4.78 is 0. The molecule has 1 heteroatoms. The smallest absolute Gasteiger partial charge is 0.00672 e. The van der Waals surface area contributed by atoms with E-state index in [1.54, 1.807) is 0 Å². The summed E-state index contributed by atoms with van der Waals surface area (Å²) in [7, 11) is 0. The van der Waals surface area contributed by atoms with E-state index in [2.05, 4.69) is 20.4 Å². The Balaban J connectivity index is 2.22. The molecule has 16 heavy (non-hydrogen) atoms. The molecule has 1 unspecified atom stereocenters. The van der Waals surface area contributed by atoms with Gasteiger partial charge in [0.1, 0.15) is 0 Å². The fraction of sp³-hybridized carbons (Fsp3) is 0.867. The summed E-state index contributed by atoms with van der Waals surface area (Å²) in [5, 5.41) is 0. The molecule has 1 fully saturated rings. The van der Waals surface area contributed by atoms with Crippen molar-refractivity contribution >= 4 is 0 Å². The van der Waals surface area contributed by atoms with Crippen molar-refractivity contribution in [2.75, 3.05) is 0 Å². The van der Waals surface area contributed by atoms with Crippen LogP contribution in [-0.4, -0.2) is 6.04 Å². The van der Waals surface area contributed by atoms with Gasteiger partial charge < -0.3 is 5.73 Å². The van der Waals surface area contributed by atoms with Crippen LogP contribution in [0.5, 0.6) is 0 Å². The van der Waals surface area contributed by atoms with E-state index in [-0.39, 0.29) is 0 Å². The van der Waals surface area contributed by atoms with Gasteiger partial charge in [0.2, 0.25) is 0 Å². The van der Waals surface area contributed by atoms with Crippen molar-refractivity contribution in [3.63, 3.8) is 0 Å². The van der Waals surface area contributed by atoms with E-state index in [0.29, 0.717) is 6.04 Å². The fourth-order valence-electron chi connectivity index (χ4n) is 2.97. The average Bonchev–Trinajstić information content (AvgIpc) is 2.29. The fourth-order valence-corrected chi connectivity index (χ4v) is 2.97. The summed E-state index contributed by atoms with van der Waals surface area (Å²) in [6, 6.07) is 0.438. The molecule has 0 amide bonds. The van der Waals surface area contributed by atoms with E-state index in [1.807, 2.05) is 6.08 Å². The molecule has 0 aromatic carbocycles. The Bertz CT molecular complexity index is 190. The third-order valence-corrected chi connectivity index (χ3v) is 4.31. The van der Waals surface area contributed by atoms with Crippen LogP contribution in [-0.2, 0) is 0 Å². The van der Waals surface area contributed by atoms with Crippen molar-refractivity contribution in [2.45, 2.75) is 64.8 Å². The van der Waals surface area contributed by atoms with Crippen LogP contribution >= 0.6 is 0 Å². The minimum Gasteiger partial charge on any atom is -0.327 e. The van der Waals surface area contributed by atoms with Crippen LogP contribution in [0.2, 0.25) is 0 Å². The SMILES string of the molecule is C=CCCCC(N)C1CCC(C(C)C)CC1. The maximum absolute atomic E-state index is 6.28. The molecule has 1 rings (SSSR count). The number of nitrogens with two attached hydrogens (primary N) is 1. The van der Waals surface area contributed by atoms with E-state index in [9.17, 15) is 0 Å². The standard InChI is InChI=1S/C15H29N/c1-4-5-6-7-15(16)14-10-8-13(9-11-14)12(2)3/h4,12-15H,1,5-11,16H2,2-3H3. The van der Waals surface area contributed by atoms with Gasteiger partial charge in [-0.15, -0.1) is 6.58 Å². The lowest BCUT2D eigenvalue weighted by Gasteiger charge is -2.34. The Morgan fingerprint density at radius 3 is 2.25 bits per heavy atom. The zero-order valence-electron chi connectivity index (χ0n) is 11.1. The maximum Gasteiger partial charge on any atom is 0.00672 e. The lowest BCUT2D eigenvalue weighted by molar-refractivity contribution is 0.198. The van der Waals surface area contributed by atoms with Crippen LogP contribution in [0.4, 0.5) is 0 Å². The molecule has 1 aliphatic rings. The zero-order chi connectivity index (χ0) is 12.0. The second-order valence-corrected chi connectivity index (χ2v) is 5.80. The Labute approximate surface area is 101 Å². The highest BCUT2D eigenvalue weighted by atomic mass is 14.6. The Kier molecular flexibility index (Phi) is 6.12. The zero-order valence-corrected chi connectivity index (χ0v) is 11.1. The first-order chi connectivity index (χ1) is 7.65. The monoisotopic (exact) mass is 223 g/mol. The van der Waals surface area contributed by atoms with E-state index >= 15 is 0 Å². The van der Waals surface area contributed by atoms with Crippen LogP contribution in [0.1, 0.15) is 58.8 Å². The average molecular weight is 223 g/mol. The maximum atomic E-state index is 6.28. The molecular weight excluding hydrogens is 194 g/mol. The van der Waals surface area contributed by atoms with E-state index in [1.165, 1.54) is 38.5 Å². The molecule has 1 saturated carbocycles. The molecule has 1 aliphatic carbocycles. The lowest BCUT2D eigenvalue weighted by Crippen LogP contribution is -2.33. The van der Waals surface area contributed by atoms with E-state index in [0.717, 1.165) is 24.2 Å². The predicted octanol–water partition coefficient (Wildman–Crippen LogP) is 4.13. The normalized spacial score (nSPS) is 28.0. The molecule has 1 nitrogen and oxygen atoms in total. The highest BCUT2D eigenvalue weighted by molar-refractivity contribution is 4.81. The van der Waals surface area contributed by atoms with Crippen LogP contribution in [0.25, 0.3) is 0 Å². The van der Waals surface area contributed by atoms with Crippen molar-refractivity contribution < 1.29 is 0 Å². The molecule has 0 aromatic rings. The van der Waals surface area contributed by atoms with Crippen LogP contribution in [0.15, 0.2) is 12.7 Å². The minimum atomic E-state index is 0.438. The summed E-state index contributed by atoms with van der Waals surface area (Å²) >= 11 is 0. The van der Waals surface area contributed by atoms with Crippen molar-refractivity contribution in [1.82, 2.24) is 0 Å². The second kappa shape index (κ2) is 7.11. The van der Waals surface area contributed by atoms with Gasteiger partial charge in [0.05, 0.1) is 0 Å². The molecule has 0 saturated heterocycles. The van der Waals surface area contributed by atoms with Crippen molar-refractivity contribution in [1.29, 1.82) is 0 Å². The topological polar surface area (TPSA) is 26.0 Å². The Morgan fingerprint density at radius 2 is 1.75 bits per heavy atom. The number of unbranched alkanes of at least 4 members (excludes halogenated alkanes) is 1. The highest BCUT2D eigenvalue weighted by Gasteiger charge is 2.26. The molecule has 0 spiro atoms. The number of hydrogen-bond donors (Lipinski definition) is 1. The summed E-state index contributed by atoms with van der Waals surface area (Å²) in [5.41, 5.74) is 6.28. The van der Waals surface area contributed by atoms with Gasteiger partial charge in [-0.05, 0) is 62.7 Å². The van der Waals surface area contributed by atoms with Gasteiger partial charge in [-0.1, -0.05) is 19.9 Å². The molecule has 0 heterocycles. The summed E-state index contributed by atoms with van der Waals surface area (Å²) in [6.07, 6.45) is 11.0. The van der Waals surface area contributed by atoms with Gasteiger partial charge in [-0.25, -0.2) is 0 Å². The van der Waals surface area contributed by atoms with Crippen LogP contribution in [0, 0.1) is 17.8 Å².